The van der Waals surface area contributed by atoms with Crippen molar-refractivity contribution >= 4 is 11.6 Å². The molecule has 4 heteroatoms. The fourth-order valence-corrected chi connectivity index (χ4v) is 2.31. The fourth-order valence-electron chi connectivity index (χ4n) is 2.31. The minimum atomic E-state index is -0.219. The minimum Gasteiger partial charge on any atom is -0.399 e. The van der Waals surface area contributed by atoms with Crippen LogP contribution in [0.25, 0.3) is 0 Å². The highest BCUT2D eigenvalue weighted by atomic mass is 16.2. The number of nitrogens with zero attached hydrogens (tertiary/aromatic N) is 2. The zero-order valence-electron chi connectivity index (χ0n) is 12.7. The summed E-state index contributed by atoms with van der Waals surface area (Å²) in [5.41, 5.74) is 9.24. The van der Waals surface area contributed by atoms with Crippen LogP contribution in [0.15, 0.2) is 42.5 Å². The van der Waals surface area contributed by atoms with Crippen molar-refractivity contribution in [3.63, 3.8) is 0 Å². The molecule has 0 spiro atoms. The van der Waals surface area contributed by atoms with Crippen molar-refractivity contribution in [2.24, 2.45) is 0 Å². The Hall–Kier alpha value is -2.36. The van der Waals surface area contributed by atoms with Crippen LogP contribution in [-0.2, 0) is 11.3 Å². The van der Waals surface area contributed by atoms with E-state index in [2.05, 4.69) is 4.98 Å². The van der Waals surface area contributed by atoms with E-state index >= 15 is 0 Å². The van der Waals surface area contributed by atoms with Crippen molar-refractivity contribution in [2.75, 3.05) is 12.8 Å². The Morgan fingerprint density at radius 2 is 2.00 bits per heavy atom. The summed E-state index contributed by atoms with van der Waals surface area (Å²) in [6.45, 7) is 4.35. The first-order chi connectivity index (χ1) is 9.97. The lowest BCUT2D eigenvalue weighted by Crippen LogP contribution is -2.30. The first-order valence-electron chi connectivity index (χ1n) is 7.00. The van der Waals surface area contributed by atoms with Gasteiger partial charge < -0.3 is 10.6 Å². The molecule has 0 bridgehead atoms. The molecule has 110 valence electrons. The molecular weight excluding hydrogens is 262 g/mol. The number of likely N-dealkylation sites (N-methyl/N-ethyl adjacent to an activating group) is 1. The average molecular weight is 283 g/mol. The number of carbonyl (C=O) groups excluding carboxylic acids is 1. The van der Waals surface area contributed by atoms with Gasteiger partial charge in [0.05, 0.1) is 18.2 Å². The van der Waals surface area contributed by atoms with Gasteiger partial charge in [0.25, 0.3) is 0 Å². The number of benzene rings is 1. The number of carbonyl (C=O) groups is 1. The molecule has 21 heavy (non-hydrogen) atoms. The summed E-state index contributed by atoms with van der Waals surface area (Å²) in [5, 5.41) is 0. The summed E-state index contributed by atoms with van der Waals surface area (Å²) in [6, 6.07) is 13.3. The van der Waals surface area contributed by atoms with Gasteiger partial charge in [-0.15, -0.1) is 0 Å². The van der Waals surface area contributed by atoms with Gasteiger partial charge in [-0.05, 0) is 43.7 Å². The highest BCUT2D eigenvalue weighted by Gasteiger charge is 2.19. The molecule has 1 heterocycles. The predicted octanol–water partition coefficient (Wildman–Crippen LogP) is 2.73. The first kappa shape index (κ1) is 15.0. The zero-order chi connectivity index (χ0) is 15.4. The number of anilines is 1. The molecule has 0 aliphatic heterocycles. The highest BCUT2D eigenvalue weighted by molar-refractivity contribution is 5.83. The molecule has 1 amide bonds. The molecule has 0 saturated carbocycles. The Kier molecular flexibility index (Phi) is 4.58. The van der Waals surface area contributed by atoms with Crippen LogP contribution in [0.1, 0.15) is 29.8 Å². The van der Waals surface area contributed by atoms with Crippen LogP contribution in [0.4, 0.5) is 5.69 Å². The van der Waals surface area contributed by atoms with Gasteiger partial charge in [0.1, 0.15) is 0 Å². The summed E-state index contributed by atoms with van der Waals surface area (Å²) >= 11 is 0. The lowest BCUT2D eigenvalue weighted by Gasteiger charge is -2.21. The van der Waals surface area contributed by atoms with Crippen LogP contribution in [0.3, 0.4) is 0 Å². The van der Waals surface area contributed by atoms with E-state index in [0.717, 1.165) is 17.0 Å². The van der Waals surface area contributed by atoms with Crippen molar-refractivity contribution in [1.82, 2.24) is 9.88 Å². The van der Waals surface area contributed by atoms with Crippen LogP contribution in [0.5, 0.6) is 0 Å². The van der Waals surface area contributed by atoms with Crippen LogP contribution in [-0.4, -0.2) is 22.8 Å². The minimum absolute atomic E-state index is 0.0592. The van der Waals surface area contributed by atoms with Crippen LogP contribution >= 0.6 is 0 Å². The lowest BCUT2D eigenvalue weighted by atomic mass is 9.99. The van der Waals surface area contributed by atoms with E-state index in [9.17, 15) is 4.79 Å². The van der Waals surface area contributed by atoms with Crippen molar-refractivity contribution in [3.05, 3.63) is 59.4 Å². The van der Waals surface area contributed by atoms with Crippen molar-refractivity contribution in [3.8, 4) is 0 Å². The summed E-state index contributed by atoms with van der Waals surface area (Å²) < 4.78 is 0. The van der Waals surface area contributed by atoms with E-state index in [1.807, 2.05) is 56.3 Å². The number of pyridine rings is 1. The lowest BCUT2D eigenvalue weighted by molar-refractivity contribution is -0.131. The Labute approximate surface area is 125 Å². The van der Waals surface area contributed by atoms with Gasteiger partial charge >= 0.3 is 0 Å². The van der Waals surface area contributed by atoms with Crippen molar-refractivity contribution < 1.29 is 4.79 Å². The molecule has 1 aromatic heterocycles. The third-order valence-electron chi connectivity index (χ3n) is 3.50. The molecule has 0 saturated heterocycles. The summed E-state index contributed by atoms with van der Waals surface area (Å²) in [4.78, 5) is 18.6. The molecule has 2 aromatic rings. The zero-order valence-corrected chi connectivity index (χ0v) is 12.7. The topological polar surface area (TPSA) is 59.2 Å². The first-order valence-corrected chi connectivity index (χ1v) is 7.00. The third-order valence-corrected chi connectivity index (χ3v) is 3.50. The predicted molar refractivity (Wildman–Crippen MR) is 84.7 cm³/mol. The normalized spacial score (nSPS) is 12.0. The maximum Gasteiger partial charge on any atom is 0.229 e. The standard InChI is InChI=1S/C17H21N3O/c1-12-6-4-9-16(19-12)11-20(3)17(21)13(2)14-7-5-8-15(18)10-14/h4-10,13H,11,18H2,1-3H3. The van der Waals surface area contributed by atoms with Gasteiger partial charge in [-0.2, -0.15) is 0 Å². The molecule has 2 rings (SSSR count). The quantitative estimate of drug-likeness (QED) is 0.878. The van der Waals surface area contributed by atoms with Gasteiger partial charge in [-0.3, -0.25) is 9.78 Å². The molecule has 1 aromatic carbocycles. The third kappa shape index (κ3) is 3.81. The second kappa shape index (κ2) is 6.39. The summed E-state index contributed by atoms with van der Waals surface area (Å²) in [7, 11) is 1.80. The Morgan fingerprint density at radius 1 is 1.29 bits per heavy atom. The molecule has 1 atom stereocenters. The number of nitrogens with two attached hydrogens (primary N) is 1. The molecule has 0 aliphatic rings. The van der Waals surface area contributed by atoms with E-state index < -0.39 is 0 Å². The second-order valence-electron chi connectivity index (χ2n) is 5.36. The summed E-state index contributed by atoms with van der Waals surface area (Å²) in [6.07, 6.45) is 0. The number of amides is 1. The second-order valence-corrected chi connectivity index (χ2v) is 5.36. The largest absolute Gasteiger partial charge is 0.399 e. The monoisotopic (exact) mass is 283 g/mol. The average Bonchev–Trinajstić information content (AvgIpc) is 2.45. The number of nitrogen functional groups attached to an aromatic ring is 1. The number of rotatable bonds is 4. The summed E-state index contributed by atoms with van der Waals surface area (Å²) in [5.74, 6) is -0.160. The van der Waals surface area contributed by atoms with Crippen LogP contribution in [0.2, 0.25) is 0 Å². The molecule has 0 fully saturated rings. The molecular formula is C17H21N3O. The van der Waals surface area contributed by atoms with E-state index in [1.54, 1.807) is 11.9 Å². The fraction of sp³-hybridized carbons (Fsp3) is 0.294. The maximum absolute atomic E-state index is 12.5. The number of hydrogen-bond donors (Lipinski definition) is 1. The van der Waals surface area contributed by atoms with Gasteiger partial charge in [0.2, 0.25) is 5.91 Å². The van der Waals surface area contributed by atoms with Gasteiger partial charge in [0, 0.05) is 18.4 Å². The maximum atomic E-state index is 12.5. The molecule has 0 aliphatic carbocycles. The smallest absolute Gasteiger partial charge is 0.229 e. The Balaban J connectivity index is 2.08. The van der Waals surface area contributed by atoms with Gasteiger partial charge in [-0.1, -0.05) is 18.2 Å². The molecule has 2 N–H and O–H groups in total. The van der Waals surface area contributed by atoms with E-state index in [0.29, 0.717) is 12.2 Å². The van der Waals surface area contributed by atoms with Crippen molar-refractivity contribution in [2.45, 2.75) is 26.3 Å². The van der Waals surface area contributed by atoms with Gasteiger partial charge in [-0.25, -0.2) is 0 Å². The molecule has 1 unspecified atom stereocenters. The van der Waals surface area contributed by atoms with Crippen LogP contribution in [0, 0.1) is 6.92 Å². The van der Waals surface area contributed by atoms with Crippen LogP contribution < -0.4 is 5.73 Å². The molecule has 4 nitrogen and oxygen atoms in total. The number of aromatic nitrogens is 1. The number of hydrogen-bond acceptors (Lipinski definition) is 3. The number of aryl methyl sites for hydroxylation is 1. The van der Waals surface area contributed by atoms with Gasteiger partial charge in [0.15, 0.2) is 0 Å². The Morgan fingerprint density at radius 3 is 2.67 bits per heavy atom. The van der Waals surface area contributed by atoms with Crippen molar-refractivity contribution in [1.29, 1.82) is 0 Å². The highest BCUT2D eigenvalue weighted by Crippen LogP contribution is 2.20. The SMILES string of the molecule is Cc1cccc(CN(C)C(=O)C(C)c2cccc(N)c2)n1. The van der Waals surface area contributed by atoms with E-state index in [4.69, 9.17) is 5.73 Å². The Bertz CT molecular complexity index is 639. The van der Waals surface area contributed by atoms with E-state index in [-0.39, 0.29) is 11.8 Å². The van der Waals surface area contributed by atoms with E-state index in [1.165, 1.54) is 0 Å². The molecule has 0 radical (unpaired) electrons.